The maximum atomic E-state index is 14.1. The zero-order valence-corrected chi connectivity index (χ0v) is 50.3. The van der Waals surface area contributed by atoms with Crippen molar-refractivity contribution in [1.29, 1.82) is 0 Å². The number of carboxylic acid groups (broad SMARTS) is 3. The number of aliphatic hydroxyl groups is 3. The first-order chi connectivity index (χ1) is 42.5. The minimum Gasteiger partial charge on any atom is -0.481 e. The first-order valence-corrected chi connectivity index (χ1v) is 28.3. The van der Waals surface area contributed by atoms with Gasteiger partial charge in [0.05, 0.1) is 38.1 Å². The number of aliphatic carboxylic acids is 3. The van der Waals surface area contributed by atoms with Crippen molar-refractivity contribution in [2.45, 2.75) is 177 Å². The number of nitrogens with zero attached hydrogens (tertiary/aromatic N) is 1. The lowest BCUT2D eigenvalue weighted by molar-refractivity contribution is -0.146. The smallest absolute Gasteiger partial charge is 0.305 e. The molecule has 0 aromatic heterocycles. The van der Waals surface area contributed by atoms with Crippen LogP contribution in [-0.4, -0.2) is 228 Å². The predicted molar refractivity (Wildman–Crippen MR) is 308 cm³/mol. The highest BCUT2D eigenvalue weighted by atomic mass is 16.4. The van der Waals surface area contributed by atoms with Crippen LogP contribution in [0, 0.1) is 5.92 Å². The molecular weight excluding hydrogens is 1210 g/mol. The summed E-state index contributed by atoms with van der Waals surface area (Å²) in [5.74, 6) is -22.5. The molecule has 37 nitrogen and oxygen atoms in total. The molecule has 0 bridgehead atoms. The van der Waals surface area contributed by atoms with Crippen molar-refractivity contribution in [3.63, 3.8) is 0 Å². The van der Waals surface area contributed by atoms with E-state index in [4.69, 9.17) is 17.2 Å². The summed E-state index contributed by atoms with van der Waals surface area (Å²) in [6.07, 6.45) is -9.98. The average molecular weight is 1290 g/mol. The molecule has 1 saturated heterocycles. The van der Waals surface area contributed by atoms with Crippen molar-refractivity contribution in [1.82, 2.24) is 58.1 Å². The van der Waals surface area contributed by atoms with E-state index in [2.05, 4.69) is 42.5 Å². The standard InChI is InChI=1S/C54H80N14O23/c1-23(2)41(51(88)65-34(22-69)49(86)61-30(44(57)81)18-27-10-7-6-8-11-27)66-53(90)43(25(4)71)67-48(85)31(19-37(56)74)62-47(84)32(20-39(77)78)63-45(82)29(14-16-38(75)76)59-50(87)35-12-9-17-68(35)54(91)33(21-40(79)80)64-46(83)28(13-15-36(55)73)60-52(89)42(24(3)70)58-26(5)72/h6-8,10-11,23-25,28-35,41-43,69-71H,9,12-22H2,1-5H3,(H2,55,73)(H2,56,74)(H2,57,81)(H,58,72)(H,59,87)(H,60,89)(H,61,86)(H,62,84)(H,63,82)(H,64,83)(H,65,88)(H,66,90)(H,67,85)(H,75,76)(H,77,78)(H,79,80)/t24-,25-,28+,29+,30+,31+,32+,33+,34+,35+,41+,42+,43+/m1/s1. The highest BCUT2D eigenvalue weighted by Gasteiger charge is 2.42. The second-order valence-electron chi connectivity index (χ2n) is 21.6. The monoisotopic (exact) mass is 1290 g/mol. The molecular formula is C54H80N14O23. The molecule has 22 N–H and O–H groups in total. The summed E-state index contributed by atoms with van der Waals surface area (Å²) < 4.78 is 0. The van der Waals surface area contributed by atoms with Gasteiger partial charge in [0.2, 0.25) is 82.7 Å². The summed E-state index contributed by atoms with van der Waals surface area (Å²) in [4.78, 5) is 222. The zero-order valence-electron chi connectivity index (χ0n) is 50.3. The van der Waals surface area contributed by atoms with Crippen LogP contribution in [0.4, 0.5) is 0 Å². The van der Waals surface area contributed by atoms with Gasteiger partial charge in [-0.3, -0.25) is 81.5 Å². The largest absolute Gasteiger partial charge is 0.481 e. The molecule has 91 heavy (non-hydrogen) atoms. The molecule has 1 heterocycles. The van der Waals surface area contributed by atoms with Gasteiger partial charge in [0.15, 0.2) is 0 Å². The fourth-order valence-corrected chi connectivity index (χ4v) is 8.97. The van der Waals surface area contributed by atoms with Crippen LogP contribution < -0.4 is 70.4 Å². The van der Waals surface area contributed by atoms with E-state index in [1.807, 2.05) is 10.6 Å². The highest BCUT2D eigenvalue weighted by molar-refractivity contribution is 6.01. The van der Waals surface area contributed by atoms with Crippen LogP contribution in [0.25, 0.3) is 0 Å². The molecule has 0 saturated carbocycles. The topological polar surface area (TPSA) is 613 Å². The second kappa shape index (κ2) is 37.2. The molecule has 0 spiro atoms. The molecule has 1 aromatic carbocycles. The van der Waals surface area contributed by atoms with E-state index in [0.29, 0.717) is 5.56 Å². The third kappa shape index (κ3) is 26.4. The molecule has 1 fully saturated rings. The SMILES string of the molecule is CC(=O)N[C@H](C(=O)N[C@@H](CCC(N)=O)C(=O)N[C@@H](CC(=O)O)C(=O)N1CCC[C@H]1C(=O)N[C@@H](CCC(=O)O)C(=O)N[C@@H](CC(=O)O)C(=O)N[C@@H](CC(N)=O)C(=O)N[C@H](C(=O)N[C@H](C(=O)N[C@@H](CO)C(=O)N[C@@H](Cc1ccccc1)C(N)=O)C(C)C)[C@@H](C)O)[C@@H](C)O. The van der Waals surface area contributed by atoms with Gasteiger partial charge in [-0.05, 0) is 51.0 Å². The Hall–Kier alpha value is -9.91. The lowest BCUT2D eigenvalue weighted by Gasteiger charge is -2.30. The minimum atomic E-state index is -2.25. The fourth-order valence-electron chi connectivity index (χ4n) is 8.97. The number of primary amides is 3. The lowest BCUT2D eigenvalue weighted by Crippen LogP contribution is -2.63. The number of likely N-dealkylation sites (tertiary alicyclic amines) is 1. The normalized spacial score (nSPS) is 16.6. The number of rotatable bonds is 39. The fraction of sp³-hybridized carbons (Fsp3) is 0.574. The van der Waals surface area contributed by atoms with Crippen molar-refractivity contribution < 1.29 is 112 Å². The van der Waals surface area contributed by atoms with Gasteiger partial charge in [-0.15, -0.1) is 0 Å². The predicted octanol–water partition coefficient (Wildman–Crippen LogP) is -9.06. The number of nitrogens with two attached hydrogens (primary N) is 3. The van der Waals surface area contributed by atoms with E-state index in [9.17, 15) is 112 Å². The Kier molecular flexibility index (Phi) is 31.5. The Labute approximate surface area is 519 Å². The van der Waals surface area contributed by atoms with Gasteiger partial charge in [-0.25, -0.2) is 0 Å². The number of nitrogens with one attached hydrogen (secondary N) is 10. The first-order valence-electron chi connectivity index (χ1n) is 28.3. The van der Waals surface area contributed by atoms with Gasteiger partial charge in [-0.2, -0.15) is 0 Å². The van der Waals surface area contributed by atoms with Crippen LogP contribution in [0.2, 0.25) is 0 Å². The van der Waals surface area contributed by atoms with E-state index in [1.54, 1.807) is 30.3 Å². The number of aliphatic hydroxyl groups excluding tert-OH is 3. The molecule has 0 aliphatic carbocycles. The van der Waals surface area contributed by atoms with Gasteiger partial charge in [-0.1, -0.05) is 44.2 Å². The number of carboxylic acids is 3. The summed E-state index contributed by atoms with van der Waals surface area (Å²) in [5, 5.41) is 81.7. The molecule has 0 radical (unpaired) electrons. The number of benzene rings is 1. The Bertz CT molecular complexity index is 2860. The zero-order chi connectivity index (χ0) is 69.1. The molecule has 13 atom stereocenters. The van der Waals surface area contributed by atoms with E-state index < -0.39 is 237 Å². The Balaban J connectivity index is 2.39. The Morgan fingerprint density at radius 3 is 1.42 bits per heavy atom. The summed E-state index contributed by atoms with van der Waals surface area (Å²) in [6.45, 7) is 4.68. The number of hydrogen-bond acceptors (Lipinski definition) is 20. The van der Waals surface area contributed by atoms with Crippen molar-refractivity contribution in [2.75, 3.05) is 13.2 Å². The maximum absolute atomic E-state index is 14.1. The molecule has 0 unspecified atom stereocenters. The summed E-state index contributed by atoms with van der Waals surface area (Å²) in [6, 6.07) is -11.7. The van der Waals surface area contributed by atoms with Crippen LogP contribution in [0.15, 0.2) is 30.3 Å². The Morgan fingerprint density at radius 1 is 0.495 bits per heavy atom. The summed E-state index contributed by atoms with van der Waals surface area (Å²) >= 11 is 0. The lowest BCUT2D eigenvalue weighted by atomic mass is 10.0. The quantitative estimate of drug-likeness (QED) is 0.0291. The van der Waals surface area contributed by atoms with Crippen molar-refractivity contribution in [3.8, 4) is 0 Å². The van der Waals surface area contributed by atoms with Crippen LogP contribution >= 0.6 is 0 Å². The average Bonchev–Trinajstić information content (AvgIpc) is 1.83. The number of carbonyl (C=O) groups excluding carboxylic acids is 14. The van der Waals surface area contributed by atoms with Crippen LogP contribution in [0.5, 0.6) is 0 Å². The number of carbonyl (C=O) groups is 17. The van der Waals surface area contributed by atoms with E-state index in [1.165, 1.54) is 13.8 Å². The van der Waals surface area contributed by atoms with Crippen LogP contribution in [-0.2, 0) is 87.9 Å². The van der Waals surface area contributed by atoms with Crippen LogP contribution in [0.1, 0.15) is 98.0 Å². The van der Waals surface area contributed by atoms with Gasteiger partial charge >= 0.3 is 17.9 Å². The third-order valence-corrected chi connectivity index (χ3v) is 13.7. The molecule has 504 valence electrons. The number of hydrogen-bond donors (Lipinski definition) is 19. The third-order valence-electron chi connectivity index (χ3n) is 13.7. The van der Waals surface area contributed by atoms with Gasteiger partial charge in [0, 0.05) is 32.7 Å². The van der Waals surface area contributed by atoms with Gasteiger partial charge in [0.25, 0.3) is 0 Å². The Morgan fingerprint density at radius 2 is 0.923 bits per heavy atom. The molecule has 2 rings (SSSR count). The van der Waals surface area contributed by atoms with Crippen molar-refractivity contribution in [2.24, 2.45) is 23.1 Å². The molecule has 1 aliphatic heterocycles. The van der Waals surface area contributed by atoms with Gasteiger partial charge < -0.3 is 106 Å². The molecule has 1 aliphatic rings. The minimum absolute atomic E-state index is 0.0234. The van der Waals surface area contributed by atoms with E-state index in [-0.39, 0.29) is 25.8 Å². The molecule has 37 heteroatoms. The van der Waals surface area contributed by atoms with Crippen molar-refractivity contribution >= 4 is 101 Å². The van der Waals surface area contributed by atoms with E-state index >= 15 is 0 Å². The summed E-state index contributed by atoms with van der Waals surface area (Å²) in [5.41, 5.74) is 16.7. The first kappa shape index (κ1) is 77.2. The molecule has 1 aromatic rings. The van der Waals surface area contributed by atoms with Crippen LogP contribution in [0.3, 0.4) is 0 Å². The maximum Gasteiger partial charge on any atom is 0.305 e. The van der Waals surface area contributed by atoms with E-state index in [0.717, 1.165) is 25.7 Å². The second-order valence-corrected chi connectivity index (χ2v) is 21.6. The van der Waals surface area contributed by atoms with Crippen molar-refractivity contribution in [3.05, 3.63) is 35.9 Å². The summed E-state index contributed by atoms with van der Waals surface area (Å²) in [7, 11) is 0. The molecule has 14 amide bonds. The number of amides is 14. The highest BCUT2D eigenvalue weighted by Crippen LogP contribution is 2.21. The van der Waals surface area contributed by atoms with Gasteiger partial charge in [0.1, 0.15) is 66.5 Å².